The number of carbonyl (C=O) groups excluding carboxylic acids is 4. The van der Waals surface area contributed by atoms with Gasteiger partial charge in [-0.05, 0) is 54.8 Å². The molecule has 0 aliphatic carbocycles. The molecule has 14 heteroatoms. The number of fused-ring (bicyclic) bond motifs is 2. The number of piperazine rings is 1. The molecule has 4 amide bonds. The Balaban J connectivity index is 1.32. The third-order valence-corrected chi connectivity index (χ3v) is 11.9. The van der Waals surface area contributed by atoms with Gasteiger partial charge >= 0.3 is 6.03 Å². The Kier molecular flexibility index (Phi) is 10.5. The SMILES string of the molecule is C=CCN1CC(=O)N2C(Cc3ccc(O)cc3)C(=O)N(Cc3cccc4c(C(C)=O)cn(S(=O)(=O)c5ccc(C)cc5)c34)CC2N1C(=O)NCc1ccccc1. The number of rotatable bonds is 11. The minimum absolute atomic E-state index is 0.0312. The fourth-order valence-electron chi connectivity index (χ4n) is 7.50. The van der Waals surface area contributed by atoms with Crippen molar-refractivity contribution in [3.05, 3.63) is 144 Å². The van der Waals surface area contributed by atoms with E-state index in [1.165, 1.54) is 52.2 Å². The third-order valence-electron chi connectivity index (χ3n) is 10.2. The molecule has 0 radical (unpaired) electrons. The molecule has 0 bridgehead atoms. The van der Waals surface area contributed by atoms with Crippen molar-refractivity contribution in [2.75, 3.05) is 19.6 Å². The highest BCUT2D eigenvalue weighted by atomic mass is 32.2. The summed E-state index contributed by atoms with van der Waals surface area (Å²) in [6.45, 7) is 7.05. The number of phenolic OH excluding ortho intramolecular Hbond substituents is 1. The minimum atomic E-state index is -4.21. The largest absolute Gasteiger partial charge is 0.508 e. The summed E-state index contributed by atoms with van der Waals surface area (Å²) >= 11 is 0. The molecule has 13 nitrogen and oxygen atoms in total. The summed E-state index contributed by atoms with van der Waals surface area (Å²) in [4.78, 5) is 58.9. The van der Waals surface area contributed by atoms with E-state index < -0.39 is 34.2 Å². The lowest BCUT2D eigenvalue weighted by Gasteiger charge is -2.55. The van der Waals surface area contributed by atoms with E-state index in [0.29, 0.717) is 16.5 Å². The molecule has 2 aliphatic heterocycles. The molecule has 288 valence electrons. The van der Waals surface area contributed by atoms with Crippen molar-refractivity contribution in [1.82, 2.24) is 29.1 Å². The first-order chi connectivity index (χ1) is 26.9. The molecule has 2 N–H and O–H groups in total. The second kappa shape index (κ2) is 15.5. The second-order valence-electron chi connectivity index (χ2n) is 14.0. The van der Waals surface area contributed by atoms with Gasteiger partial charge in [0.05, 0.1) is 23.5 Å². The first kappa shape index (κ1) is 38.0. The number of phenols is 1. The van der Waals surface area contributed by atoms with Crippen molar-refractivity contribution >= 4 is 44.6 Å². The van der Waals surface area contributed by atoms with E-state index in [1.807, 2.05) is 37.3 Å². The predicted octanol–water partition coefficient (Wildman–Crippen LogP) is 4.83. The Morgan fingerprint density at radius 3 is 2.32 bits per heavy atom. The summed E-state index contributed by atoms with van der Waals surface area (Å²) < 4.78 is 29.6. The highest BCUT2D eigenvalue weighted by Gasteiger charge is 2.51. The van der Waals surface area contributed by atoms with Crippen LogP contribution in [0.4, 0.5) is 4.79 Å². The lowest BCUT2D eigenvalue weighted by Crippen LogP contribution is -2.76. The summed E-state index contributed by atoms with van der Waals surface area (Å²) in [6, 6.07) is 25.7. The van der Waals surface area contributed by atoms with Crippen LogP contribution >= 0.6 is 0 Å². The number of hydrazine groups is 1. The summed E-state index contributed by atoms with van der Waals surface area (Å²) in [5.41, 5.74) is 3.32. The van der Waals surface area contributed by atoms with Gasteiger partial charge in [0.25, 0.3) is 10.0 Å². The van der Waals surface area contributed by atoms with E-state index in [4.69, 9.17) is 0 Å². The van der Waals surface area contributed by atoms with Gasteiger partial charge in [-0.2, -0.15) is 0 Å². The van der Waals surface area contributed by atoms with Crippen LogP contribution in [0.5, 0.6) is 5.75 Å². The topological polar surface area (TPSA) is 153 Å². The fraction of sp³-hybridized carbons (Fsp3) is 0.238. The van der Waals surface area contributed by atoms with Gasteiger partial charge in [-0.3, -0.25) is 14.4 Å². The van der Waals surface area contributed by atoms with E-state index >= 15 is 0 Å². The summed E-state index contributed by atoms with van der Waals surface area (Å²) in [7, 11) is -4.21. The number of nitrogens with zero attached hydrogens (tertiary/aromatic N) is 5. The molecule has 3 heterocycles. The van der Waals surface area contributed by atoms with E-state index in [-0.39, 0.29) is 72.6 Å². The zero-order valence-corrected chi connectivity index (χ0v) is 31.9. The monoisotopic (exact) mass is 774 g/mol. The normalized spacial score (nSPS) is 17.6. The van der Waals surface area contributed by atoms with Gasteiger partial charge in [0, 0.05) is 43.2 Å². The molecule has 4 aromatic carbocycles. The van der Waals surface area contributed by atoms with E-state index in [2.05, 4.69) is 11.9 Å². The van der Waals surface area contributed by atoms with Gasteiger partial charge < -0.3 is 20.2 Å². The number of aromatic hydroxyl groups is 1. The van der Waals surface area contributed by atoms with E-state index in [0.717, 1.165) is 15.1 Å². The van der Waals surface area contributed by atoms with Gasteiger partial charge in [0.2, 0.25) is 11.8 Å². The van der Waals surface area contributed by atoms with Crippen LogP contribution in [0.2, 0.25) is 0 Å². The molecule has 0 saturated carbocycles. The molecule has 56 heavy (non-hydrogen) atoms. The standard InChI is InChI=1S/C42H42N6O7S/c1-4-21-45-27-39(51)47-37(22-30-15-17-33(50)18-16-30)41(52)44(26-38(47)48(45)42(53)43-23-31-9-6-5-7-10-31)24-32-11-8-12-35-36(29(3)49)25-46(40(32)35)56(54,55)34-19-13-28(2)14-20-34/h4-20,25,37-38,50H,1,21-24,26-27H2,2-3H3,(H,43,53). The summed E-state index contributed by atoms with van der Waals surface area (Å²) in [6.07, 6.45) is 2.04. The number of Topliss-reactive ketones (excluding diaryl/α,β-unsaturated/α-hetero) is 1. The molecular weight excluding hydrogens is 733 g/mol. The second-order valence-corrected chi connectivity index (χ2v) is 15.9. The number of para-hydroxylation sites is 1. The van der Waals surface area contributed by atoms with Crippen LogP contribution in [0.3, 0.4) is 0 Å². The van der Waals surface area contributed by atoms with Crippen LogP contribution in [-0.4, -0.2) is 92.8 Å². The predicted molar refractivity (Wildman–Crippen MR) is 210 cm³/mol. The van der Waals surface area contributed by atoms with Gasteiger partial charge in [0.15, 0.2) is 5.78 Å². The minimum Gasteiger partial charge on any atom is -0.508 e. The number of aryl methyl sites for hydroxylation is 1. The third kappa shape index (κ3) is 7.28. The fourth-order valence-corrected chi connectivity index (χ4v) is 8.91. The van der Waals surface area contributed by atoms with Crippen LogP contribution in [0.15, 0.2) is 121 Å². The first-order valence-corrected chi connectivity index (χ1v) is 19.6. The van der Waals surface area contributed by atoms with Crippen LogP contribution in [0, 0.1) is 6.92 Å². The number of hydrogen-bond acceptors (Lipinski definition) is 8. The van der Waals surface area contributed by atoms with Gasteiger partial charge in [-0.25, -0.2) is 27.2 Å². The Morgan fingerprint density at radius 2 is 1.64 bits per heavy atom. The molecule has 2 unspecified atom stereocenters. The van der Waals surface area contributed by atoms with Gasteiger partial charge in [0.1, 0.15) is 18.0 Å². The van der Waals surface area contributed by atoms with Crippen LogP contribution < -0.4 is 5.32 Å². The smallest absolute Gasteiger partial charge is 0.334 e. The number of amides is 4. The van der Waals surface area contributed by atoms with Crippen molar-refractivity contribution < 1.29 is 32.7 Å². The van der Waals surface area contributed by atoms with Crippen LogP contribution in [-0.2, 0) is 39.1 Å². The zero-order chi connectivity index (χ0) is 39.7. The number of carbonyl (C=O) groups is 4. The molecular formula is C42H42N6O7S. The molecule has 2 fully saturated rings. The molecule has 0 spiro atoms. The number of benzene rings is 4. The van der Waals surface area contributed by atoms with Gasteiger partial charge in [-0.15, -0.1) is 6.58 Å². The van der Waals surface area contributed by atoms with E-state index in [1.54, 1.807) is 53.5 Å². The van der Waals surface area contributed by atoms with Crippen molar-refractivity contribution in [2.45, 2.75) is 50.5 Å². The molecule has 2 aliphatic rings. The van der Waals surface area contributed by atoms with E-state index in [9.17, 15) is 32.7 Å². The molecule has 1 aromatic heterocycles. The number of hydrogen-bond donors (Lipinski definition) is 2. The average molecular weight is 775 g/mol. The van der Waals surface area contributed by atoms with Crippen molar-refractivity contribution in [1.29, 1.82) is 0 Å². The summed E-state index contributed by atoms with van der Waals surface area (Å²) in [5, 5.41) is 16.4. The Hall–Kier alpha value is -6.25. The van der Waals surface area contributed by atoms with Crippen molar-refractivity contribution in [3.63, 3.8) is 0 Å². The maximum Gasteiger partial charge on any atom is 0.334 e. The first-order valence-electron chi connectivity index (χ1n) is 18.2. The lowest BCUT2D eigenvalue weighted by molar-refractivity contribution is -0.189. The maximum atomic E-state index is 14.7. The Morgan fingerprint density at radius 1 is 0.929 bits per heavy atom. The zero-order valence-electron chi connectivity index (χ0n) is 31.0. The highest BCUT2D eigenvalue weighted by molar-refractivity contribution is 7.90. The molecule has 2 saturated heterocycles. The maximum absolute atomic E-state index is 14.7. The Bertz CT molecular complexity index is 2430. The van der Waals surface area contributed by atoms with Crippen LogP contribution in [0.25, 0.3) is 10.9 Å². The highest BCUT2D eigenvalue weighted by Crippen LogP contribution is 2.33. The molecule has 2 atom stereocenters. The molecule has 7 rings (SSSR count). The van der Waals surface area contributed by atoms with Crippen molar-refractivity contribution in [3.8, 4) is 5.75 Å². The number of aromatic nitrogens is 1. The lowest BCUT2D eigenvalue weighted by atomic mass is 9.98. The molecule has 5 aromatic rings. The van der Waals surface area contributed by atoms with Crippen LogP contribution in [0.1, 0.15) is 39.5 Å². The number of ketones is 1. The van der Waals surface area contributed by atoms with Crippen molar-refractivity contribution in [2.24, 2.45) is 0 Å². The number of urea groups is 1. The average Bonchev–Trinajstić information content (AvgIpc) is 3.59. The summed E-state index contributed by atoms with van der Waals surface area (Å²) in [5.74, 6) is -1.05. The number of nitrogens with one attached hydrogen (secondary N) is 1. The Labute approximate surface area is 325 Å². The quantitative estimate of drug-likeness (QED) is 0.143. The van der Waals surface area contributed by atoms with Gasteiger partial charge in [-0.1, -0.05) is 84.4 Å².